The van der Waals surface area contributed by atoms with Crippen LogP contribution in [0.2, 0.25) is 5.02 Å². The van der Waals surface area contributed by atoms with Gasteiger partial charge in [0.05, 0.1) is 6.61 Å². The Bertz CT molecular complexity index is 363. The lowest BCUT2D eigenvalue weighted by molar-refractivity contribution is 0.282. The van der Waals surface area contributed by atoms with Crippen LogP contribution in [0.1, 0.15) is 31.7 Å². The third-order valence-corrected chi connectivity index (χ3v) is 3.37. The van der Waals surface area contributed by atoms with Crippen LogP contribution in [0, 0.1) is 0 Å². The lowest BCUT2D eigenvalue weighted by atomic mass is 10.1. The van der Waals surface area contributed by atoms with Gasteiger partial charge in [-0.3, -0.25) is 0 Å². The fraction of sp³-hybridized carbons (Fsp3) is 0.538. The van der Waals surface area contributed by atoms with E-state index in [0.29, 0.717) is 11.1 Å². The summed E-state index contributed by atoms with van der Waals surface area (Å²) in [5.74, 6) is 0. The van der Waals surface area contributed by atoms with Crippen molar-refractivity contribution in [3.63, 3.8) is 0 Å². The highest BCUT2D eigenvalue weighted by molar-refractivity contribution is 6.31. The van der Waals surface area contributed by atoms with Gasteiger partial charge in [0.1, 0.15) is 0 Å². The first-order chi connectivity index (χ1) is 7.77. The molecule has 1 saturated carbocycles. The van der Waals surface area contributed by atoms with E-state index in [1.807, 2.05) is 12.1 Å². The molecule has 1 aliphatic rings. The summed E-state index contributed by atoms with van der Waals surface area (Å²) in [5, 5.41) is 10.1. The summed E-state index contributed by atoms with van der Waals surface area (Å²) in [7, 11) is 0. The molecule has 0 aromatic heterocycles. The first-order valence-corrected chi connectivity index (χ1v) is 6.30. The maximum Gasteiger partial charge on any atom is 0.0716 e. The van der Waals surface area contributed by atoms with Crippen LogP contribution in [0.4, 0.5) is 5.69 Å². The van der Waals surface area contributed by atoms with E-state index in [1.54, 1.807) is 0 Å². The highest BCUT2D eigenvalue weighted by atomic mass is 35.5. The van der Waals surface area contributed by atoms with Gasteiger partial charge in [-0.15, -0.1) is 0 Å². The number of hydrogen-bond donors (Lipinski definition) is 1. The zero-order chi connectivity index (χ0) is 11.5. The van der Waals surface area contributed by atoms with Gasteiger partial charge in [-0.2, -0.15) is 0 Å². The second kappa shape index (κ2) is 5.07. The number of nitrogens with zero attached hydrogens (tertiary/aromatic N) is 1. The lowest BCUT2D eigenvalue weighted by Gasteiger charge is -2.26. The highest BCUT2D eigenvalue weighted by Crippen LogP contribution is 2.36. The molecule has 3 heteroatoms. The van der Waals surface area contributed by atoms with Gasteiger partial charge in [-0.1, -0.05) is 24.6 Å². The Morgan fingerprint density at radius 1 is 1.44 bits per heavy atom. The standard InChI is InChI=1S/C13H18ClNO/c1-2-8-15(10-6-7-10)13-5-3-4-12(14)11(13)9-16/h3-5,10,16H,2,6-9H2,1H3. The Balaban J connectivity index is 2.32. The molecule has 0 amide bonds. The highest BCUT2D eigenvalue weighted by Gasteiger charge is 2.30. The Morgan fingerprint density at radius 2 is 2.19 bits per heavy atom. The van der Waals surface area contributed by atoms with Gasteiger partial charge in [0.25, 0.3) is 0 Å². The fourth-order valence-electron chi connectivity index (χ4n) is 2.10. The zero-order valence-corrected chi connectivity index (χ0v) is 10.4. The molecule has 2 nitrogen and oxygen atoms in total. The second-order valence-electron chi connectivity index (χ2n) is 4.32. The molecule has 0 atom stereocenters. The van der Waals surface area contributed by atoms with Crippen LogP contribution in [0.3, 0.4) is 0 Å². The smallest absolute Gasteiger partial charge is 0.0716 e. The van der Waals surface area contributed by atoms with Crippen LogP contribution in [-0.4, -0.2) is 17.7 Å². The number of aliphatic hydroxyl groups is 1. The van der Waals surface area contributed by atoms with Crippen molar-refractivity contribution in [2.24, 2.45) is 0 Å². The normalized spacial score (nSPS) is 15.2. The van der Waals surface area contributed by atoms with E-state index in [1.165, 1.54) is 12.8 Å². The van der Waals surface area contributed by atoms with Crippen molar-refractivity contribution >= 4 is 17.3 Å². The summed E-state index contributed by atoms with van der Waals surface area (Å²) in [4.78, 5) is 2.39. The quantitative estimate of drug-likeness (QED) is 0.853. The van der Waals surface area contributed by atoms with Crippen LogP contribution >= 0.6 is 11.6 Å². The lowest BCUT2D eigenvalue weighted by Crippen LogP contribution is -2.27. The van der Waals surface area contributed by atoms with E-state index in [0.717, 1.165) is 24.2 Å². The molecule has 1 fully saturated rings. The van der Waals surface area contributed by atoms with Crippen LogP contribution in [0.5, 0.6) is 0 Å². The molecule has 1 aromatic carbocycles. The number of benzene rings is 1. The number of anilines is 1. The number of halogens is 1. The van der Waals surface area contributed by atoms with E-state index < -0.39 is 0 Å². The maximum atomic E-state index is 9.41. The van der Waals surface area contributed by atoms with Crippen molar-refractivity contribution in [1.82, 2.24) is 0 Å². The van der Waals surface area contributed by atoms with Crippen LogP contribution < -0.4 is 4.90 Å². The molecule has 88 valence electrons. The van der Waals surface area contributed by atoms with E-state index in [4.69, 9.17) is 11.6 Å². The molecular weight excluding hydrogens is 222 g/mol. The summed E-state index contributed by atoms with van der Waals surface area (Å²) in [6.07, 6.45) is 3.64. The average molecular weight is 240 g/mol. The molecule has 16 heavy (non-hydrogen) atoms. The minimum Gasteiger partial charge on any atom is -0.392 e. The topological polar surface area (TPSA) is 23.5 Å². The molecule has 0 aliphatic heterocycles. The summed E-state index contributed by atoms with van der Waals surface area (Å²) in [6.45, 7) is 3.23. The summed E-state index contributed by atoms with van der Waals surface area (Å²) >= 11 is 6.11. The van der Waals surface area contributed by atoms with Crippen LogP contribution in [0.25, 0.3) is 0 Å². The Labute approximate surface area is 102 Å². The molecule has 0 spiro atoms. The van der Waals surface area contributed by atoms with Crippen molar-refractivity contribution in [1.29, 1.82) is 0 Å². The first kappa shape index (κ1) is 11.7. The molecule has 2 rings (SSSR count). The molecule has 0 unspecified atom stereocenters. The van der Waals surface area contributed by atoms with Crippen molar-refractivity contribution in [3.8, 4) is 0 Å². The van der Waals surface area contributed by atoms with Gasteiger partial charge in [0, 0.05) is 28.9 Å². The van der Waals surface area contributed by atoms with Gasteiger partial charge in [-0.25, -0.2) is 0 Å². The maximum absolute atomic E-state index is 9.41. The minimum absolute atomic E-state index is 0.0158. The van der Waals surface area contributed by atoms with Crippen molar-refractivity contribution in [3.05, 3.63) is 28.8 Å². The Kier molecular flexibility index (Phi) is 3.72. The third-order valence-electron chi connectivity index (χ3n) is 3.01. The van der Waals surface area contributed by atoms with Gasteiger partial charge in [0.2, 0.25) is 0 Å². The molecular formula is C13H18ClNO. The van der Waals surface area contributed by atoms with Gasteiger partial charge in [0.15, 0.2) is 0 Å². The molecule has 0 saturated heterocycles. The summed E-state index contributed by atoms with van der Waals surface area (Å²) in [5.41, 5.74) is 1.98. The van der Waals surface area contributed by atoms with E-state index >= 15 is 0 Å². The Hall–Kier alpha value is -0.730. The van der Waals surface area contributed by atoms with Crippen LogP contribution in [-0.2, 0) is 6.61 Å². The summed E-state index contributed by atoms with van der Waals surface area (Å²) in [6, 6.07) is 6.52. The minimum atomic E-state index is 0.0158. The predicted octanol–water partition coefficient (Wildman–Crippen LogP) is 3.21. The van der Waals surface area contributed by atoms with Crippen molar-refractivity contribution < 1.29 is 5.11 Å². The first-order valence-electron chi connectivity index (χ1n) is 5.92. The van der Waals surface area contributed by atoms with Crippen LogP contribution in [0.15, 0.2) is 18.2 Å². The second-order valence-corrected chi connectivity index (χ2v) is 4.73. The number of rotatable bonds is 5. The van der Waals surface area contributed by atoms with Gasteiger partial charge >= 0.3 is 0 Å². The molecule has 0 radical (unpaired) electrons. The molecule has 0 heterocycles. The van der Waals surface area contributed by atoms with Gasteiger partial charge < -0.3 is 10.0 Å². The SMILES string of the molecule is CCCN(c1cccc(Cl)c1CO)C1CC1. The fourth-order valence-corrected chi connectivity index (χ4v) is 2.33. The summed E-state index contributed by atoms with van der Waals surface area (Å²) < 4.78 is 0. The predicted molar refractivity (Wildman–Crippen MR) is 68.0 cm³/mol. The molecule has 1 aromatic rings. The largest absolute Gasteiger partial charge is 0.392 e. The number of hydrogen-bond acceptors (Lipinski definition) is 2. The number of aliphatic hydroxyl groups excluding tert-OH is 1. The zero-order valence-electron chi connectivity index (χ0n) is 9.62. The Morgan fingerprint density at radius 3 is 2.75 bits per heavy atom. The molecule has 0 bridgehead atoms. The molecule has 1 N–H and O–H groups in total. The van der Waals surface area contributed by atoms with E-state index in [9.17, 15) is 5.11 Å². The van der Waals surface area contributed by atoms with Gasteiger partial charge in [-0.05, 0) is 31.4 Å². The van der Waals surface area contributed by atoms with E-state index in [2.05, 4.69) is 17.9 Å². The van der Waals surface area contributed by atoms with E-state index in [-0.39, 0.29) is 6.61 Å². The molecule has 1 aliphatic carbocycles. The third kappa shape index (κ3) is 2.33. The monoisotopic (exact) mass is 239 g/mol. The van der Waals surface area contributed by atoms with Crippen molar-refractivity contribution in [2.75, 3.05) is 11.4 Å². The van der Waals surface area contributed by atoms with Crippen molar-refractivity contribution in [2.45, 2.75) is 38.8 Å². The average Bonchev–Trinajstić information content (AvgIpc) is 3.09.